The summed E-state index contributed by atoms with van der Waals surface area (Å²) in [5.41, 5.74) is -0.288. The van der Waals surface area contributed by atoms with E-state index in [-0.39, 0.29) is 18.3 Å². The average molecular weight is 293 g/mol. The zero-order valence-corrected chi connectivity index (χ0v) is 12.2. The van der Waals surface area contributed by atoms with Gasteiger partial charge in [-0.2, -0.15) is 4.98 Å². The molecule has 21 heavy (non-hydrogen) atoms. The van der Waals surface area contributed by atoms with Crippen LogP contribution in [0.4, 0.5) is 5.95 Å². The number of carbonyl (C=O) groups is 2. The molecule has 2 N–H and O–H groups in total. The summed E-state index contributed by atoms with van der Waals surface area (Å²) in [6.07, 6.45) is 2.70. The van der Waals surface area contributed by atoms with E-state index < -0.39 is 11.4 Å². The molecular formula is C14H19N3O4. The third-order valence-electron chi connectivity index (χ3n) is 3.80. The van der Waals surface area contributed by atoms with Crippen molar-refractivity contribution >= 4 is 17.8 Å². The highest BCUT2D eigenvalue weighted by molar-refractivity contribution is 5.93. The number of rotatable bonds is 5. The average Bonchev–Trinajstić information content (AvgIpc) is 2.87. The fourth-order valence-electron chi connectivity index (χ4n) is 2.69. The van der Waals surface area contributed by atoms with E-state index in [1.54, 1.807) is 13.0 Å². The van der Waals surface area contributed by atoms with Crippen molar-refractivity contribution in [2.24, 2.45) is 5.41 Å². The molecule has 0 unspecified atom stereocenters. The Kier molecular flexibility index (Phi) is 4.40. The van der Waals surface area contributed by atoms with Crippen LogP contribution in [0.1, 0.15) is 37.8 Å². The smallest absolute Gasteiger partial charge is 0.310 e. The molecule has 7 nitrogen and oxygen atoms in total. The van der Waals surface area contributed by atoms with Gasteiger partial charge in [0.05, 0.1) is 12.5 Å². The summed E-state index contributed by atoms with van der Waals surface area (Å²) in [6.45, 7) is 1.76. The van der Waals surface area contributed by atoms with Crippen molar-refractivity contribution < 1.29 is 19.4 Å². The fourth-order valence-corrected chi connectivity index (χ4v) is 2.69. The molecule has 0 saturated heterocycles. The molecule has 0 radical (unpaired) electrons. The van der Waals surface area contributed by atoms with Gasteiger partial charge in [-0.05, 0) is 19.8 Å². The quantitative estimate of drug-likeness (QED) is 0.858. The van der Waals surface area contributed by atoms with Crippen LogP contribution in [-0.2, 0) is 9.59 Å². The summed E-state index contributed by atoms with van der Waals surface area (Å²) in [6, 6.07) is 1.64. The Morgan fingerprint density at radius 3 is 2.62 bits per heavy atom. The van der Waals surface area contributed by atoms with Crippen molar-refractivity contribution in [2.75, 3.05) is 12.4 Å². The minimum absolute atomic E-state index is 0.0536. The molecule has 0 spiro atoms. The van der Waals surface area contributed by atoms with Gasteiger partial charge in [0.15, 0.2) is 0 Å². The number of nitrogens with zero attached hydrogens (tertiary/aromatic N) is 2. The second-order valence-corrected chi connectivity index (χ2v) is 5.39. The van der Waals surface area contributed by atoms with Crippen LogP contribution in [0.15, 0.2) is 6.07 Å². The zero-order valence-electron chi connectivity index (χ0n) is 12.2. The van der Waals surface area contributed by atoms with E-state index in [1.165, 1.54) is 7.11 Å². The van der Waals surface area contributed by atoms with Gasteiger partial charge in [0.25, 0.3) is 0 Å². The number of nitrogens with one attached hydrogen (secondary N) is 1. The van der Waals surface area contributed by atoms with Crippen LogP contribution in [0.3, 0.4) is 0 Å². The van der Waals surface area contributed by atoms with Gasteiger partial charge in [-0.15, -0.1) is 0 Å². The summed E-state index contributed by atoms with van der Waals surface area (Å²) < 4.78 is 5.01. The summed E-state index contributed by atoms with van der Waals surface area (Å²) in [5, 5.41) is 11.9. The number of aryl methyl sites for hydroxylation is 1. The maximum atomic E-state index is 12.1. The maximum absolute atomic E-state index is 12.1. The largest absolute Gasteiger partial charge is 0.481 e. The lowest BCUT2D eigenvalue weighted by molar-refractivity contribution is -0.150. The molecule has 1 aromatic rings. The molecule has 7 heteroatoms. The first-order valence-corrected chi connectivity index (χ1v) is 6.88. The zero-order chi connectivity index (χ0) is 15.5. The number of carboxylic acids is 1. The van der Waals surface area contributed by atoms with Crippen LogP contribution in [0.25, 0.3) is 0 Å². The van der Waals surface area contributed by atoms with E-state index in [9.17, 15) is 14.7 Å². The first-order valence-electron chi connectivity index (χ1n) is 6.88. The molecule has 2 rings (SSSR count). The monoisotopic (exact) mass is 293 g/mol. The lowest BCUT2D eigenvalue weighted by atomic mass is 9.82. The molecule has 1 heterocycles. The number of aromatic nitrogens is 2. The molecule has 1 amide bonds. The predicted octanol–water partition coefficient (Wildman–Crippen LogP) is 1.77. The number of aliphatic carboxylic acids is 1. The Bertz CT molecular complexity index is 553. The lowest BCUT2D eigenvalue weighted by Crippen LogP contribution is -2.33. The van der Waals surface area contributed by atoms with Gasteiger partial charge in [0.2, 0.25) is 17.7 Å². The number of methoxy groups -OCH3 is 1. The molecule has 1 aliphatic carbocycles. The Hall–Kier alpha value is -2.18. The third-order valence-corrected chi connectivity index (χ3v) is 3.80. The predicted molar refractivity (Wildman–Crippen MR) is 75.1 cm³/mol. The second-order valence-electron chi connectivity index (χ2n) is 5.39. The molecule has 1 saturated carbocycles. The lowest BCUT2D eigenvalue weighted by Gasteiger charge is -2.22. The molecule has 0 aliphatic heterocycles. The second kappa shape index (κ2) is 6.07. The molecule has 0 bridgehead atoms. The first kappa shape index (κ1) is 15.2. The van der Waals surface area contributed by atoms with Crippen molar-refractivity contribution in [2.45, 2.75) is 39.0 Å². The van der Waals surface area contributed by atoms with Gasteiger partial charge < -0.3 is 9.84 Å². The fraction of sp³-hybridized carbons (Fsp3) is 0.571. The topological polar surface area (TPSA) is 101 Å². The number of carboxylic acid groups (broad SMARTS) is 1. The Balaban J connectivity index is 2.08. The highest BCUT2D eigenvalue weighted by atomic mass is 16.5. The normalized spacial score (nSPS) is 16.5. The highest BCUT2D eigenvalue weighted by Crippen LogP contribution is 2.41. The number of hydrogen-bond donors (Lipinski definition) is 2. The molecule has 1 fully saturated rings. The van der Waals surface area contributed by atoms with Crippen LogP contribution in [0.5, 0.6) is 5.88 Å². The van der Waals surface area contributed by atoms with Crippen molar-refractivity contribution in [1.29, 1.82) is 0 Å². The van der Waals surface area contributed by atoms with E-state index in [4.69, 9.17) is 4.74 Å². The van der Waals surface area contributed by atoms with E-state index in [1.807, 2.05) is 0 Å². The number of amides is 1. The van der Waals surface area contributed by atoms with Crippen molar-refractivity contribution in [3.8, 4) is 5.88 Å². The van der Waals surface area contributed by atoms with Crippen LogP contribution in [-0.4, -0.2) is 34.1 Å². The van der Waals surface area contributed by atoms with Crippen molar-refractivity contribution in [1.82, 2.24) is 9.97 Å². The standard InChI is InChI=1S/C14H19N3O4/c1-9-7-11(21-2)17-13(15-9)16-10(18)8-14(12(19)20)5-3-4-6-14/h7H,3-6,8H2,1-2H3,(H,19,20)(H,15,16,17,18). The van der Waals surface area contributed by atoms with Crippen LogP contribution >= 0.6 is 0 Å². The highest BCUT2D eigenvalue weighted by Gasteiger charge is 2.43. The minimum Gasteiger partial charge on any atom is -0.481 e. The first-order chi connectivity index (χ1) is 9.95. The number of hydrogen-bond acceptors (Lipinski definition) is 5. The minimum atomic E-state index is -0.946. The Labute approximate surface area is 122 Å². The van der Waals surface area contributed by atoms with Crippen molar-refractivity contribution in [3.63, 3.8) is 0 Å². The molecule has 114 valence electrons. The van der Waals surface area contributed by atoms with Gasteiger partial charge in [-0.25, -0.2) is 4.98 Å². The van der Waals surface area contributed by atoms with Gasteiger partial charge in [-0.1, -0.05) is 12.8 Å². The van der Waals surface area contributed by atoms with Crippen LogP contribution in [0, 0.1) is 12.3 Å². The van der Waals surface area contributed by atoms with E-state index in [0.29, 0.717) is 24.4 Å². The van der Waals surface area contributed by atoms with Crippen molar-refractivity contribution in [3.05, 3.63) is 11.8 Å². The molecule has 0 aromatic carbocycles. The van der Waals surface area contributed by atoms with Gasteiger partial charge in [0, 0.05) is 18.2 Å². The molecule has 1 aromatic heterocycles. The van der Waals surface area contributed by atoms with Crippen LogP contribution < -0.4 is 10.1 Å². The molecule has 0 atom stereocenters. The number of carbonyl (C=O) groups excluding carboxylic acids is 1. The Morgan fingerprint density at radius 1 is 1.38 bits per heavy atom. The summed E-state index contributed by atoms with van der Waals surface area (Å²) in [4.78, 5) is 31.6. The molecule has 1 aliphatic rings. The van der Waals surface area contributed by atoms with Gasteiger partial charge >= 0.3 is 5.97 Å². The SMILES string of the molecule is COc1cc(C)nc(NC(=O)CC2(C(=O)O)CCCC2)n1. The number of ether oxygens (including phenoxy) is 1. The third kappa shape index (κ3) is 3.48. The van der Waals surface area contributed by atoms with Crippen LogP contribution in [0.2, 0.25) is 0 Å². The maximum Gasteiger partial charge on any atom is 0.310 e. The summed E-state index contributed by atoms with van der Waals surface area (Å²) in [7, 11) is 1.48. The summed E-state index contributed by atoms with van der Waals surface area (Å²) >= 11 is 0. The van der Waals surface area contributed by atoms with E-state index in [0.717, 1.165) is 12.8 Å². The van der Waals surface area contributed by atoms with E-state index in [2.05, 4.69) is 15.3 Å². The molecular weight excluding hydrogens is 274 g/mol. The number of anilines is 1. The van der Waals surface area contributed by atoms with Gasteiger partial charge in [-0.3, -0.25) is 14.9 Å². The van der Waals surface area contributed by atoms with E-state index >= 15 is 0 Å². The Morgan fingerprint density at radius 2 is 2.05 bits per heavy atom. The summed E-state index contributed by atoms with van der Waals surface area (Å²) in [5.74, 6) is -0.799. The van der Waals surface area contributed by atoms with Gasteiger partial charge in [0.1, 0.15) is 0 Å².